The van der Waals surface area contributed by atoms with Gasteiger partial charge < -0.3 is 13.6 Å². The molecule has 0 bridgehead atoms. The predicted molar refractivity (Wildman–Crippen MR) is 104 cm³/mol. The van der Waals surface area contributed by atoms with Crippen molar-refractivity contribution in [1.82, 2.24) is 0 Å². The molecule has 0 atom stereocenters. The van der Waals surface area contributed by atoms with Crippen molar-refractivity contribution in [2.45, 2.75) is 0 Å². The maximum absolute atomic E-state index is 13.3. The van der Waals surface area contributed by atoms with Crippen LogP contribution in [0.4, 0.5) is 11.4 Å². The number of phosphoric acid groups is 1. The minimum absolute atomic E-state index is 0.177. The number of rotatable bonds is 8. The van der Waals surface area contributed by atoms with E-state index in [0.29, 0.717) is 11.4 Å². The molecule has 29 heavy (non-hydrogen) atoms. The van der Waals surface area contributed by atoms with Crippen molar-refractivity contribution in [3.05, 3.63) is 78.9 Å². The summed E-state index contributed by atoms with van der Waals surface area (Å²) in [4.78, 5) is 27.6. The van der Waals surface area contributed by atoms with Crippen LogP contribution >= 0.6 is 7.82 Å². The van der Waals surface area contributed by atoms with Crippen molar-refractivity contribution in [2.24, 2.45) is 9.98 Å². The van der Waals surface area contributed by atoms with Crippen LogP contribution in [-0.4, -0.2) is 12.2 Å². The molecule has 0 amide bonds. The zero-order chi connectivity index (χ0) is 20.5. The molecule has 8 nitrogen and oxygen atoms in total. The van der Waals surface area contributed by atoms with E-state index in [1.54, 1.807) is 30.3 Å². The summed E-state index contributed by atoms with van der Waals surface area (Å²) in [6, 6.07) is 20.2. The first-order chi connectivity index (χ1) is 14.1. The van der Waals surface area contributed by atoms with Crippen molar-refractivity contribution in [1.29, 1.82) is 0 Å². The van der Waals surface area contributed by atoms with Gasteiger partial charge in [0.1, 0.15) is 17.2 Å². The lowest BCUT2D eigenvalue weighted by Crippen LogP contribution is -2.07. The van der Waals surface area contributed by atoms with E-state index in [1.807, 2.05) is 0 Å². The fourth-order valence-corrected chi connectivity index (χ4v) is 3.44. The summed E-state index contributed by atoms with van der Waals surface area (Å²) in [5.74, 6) is 0.632. The maximum Gasteiger partial charge on any atom is 0.647 e. The van der Waals surface area contributed by atoms with E-state index >= 15 is 0 Å². The number of carbonyl (C=O) groups excluding carboxylic acids is 2. The number of aliphatic imine (C=N–C) groups is 2. The molecule has 0 saturated carbocycles. The predicted octanol–water partition coefficient (Wildman–Crippen LogP) is 5.27. The van der Waals surface area contributed by atoms with Crippen LogP contribution in [0.2, 0.25) is 0 Å². The van der Waals surface area contributed by atoms with Gasteiger partial charge in [-0.3, -0.25) is 0 Å². The summed E-state index contributed by atoms with van der Waals surface area (Å²) < 4.78 is 29.8. The Kier molecular flexibility index (Phi) is 6.36. The van der Waals surface area contributed by atoms with Gasteiger partial charge in [0.05, 0.1) is 11.4 Å². The molecule has 3 aromatic carbocycles. The van der Waals surface area contributed by atoms with Gasteiger partial charge in [-0.15, -0.1) is 0 Å². The average molecular weight is 408 g/mol. The molecule has 3 rings (SSSR count). The quantitative estimate of drug-likeness (QED) is 0.286. The van der Waals surface area contributed by atoms with Gasteiger partial charge in [0.15, 0.2) is 0 Å². The SMILES string of the molecule is O=C=Nc1ccc(OP(=O)(Oc2ccccc2)Oc2ccc(N=C=O)cc2)cc1. The summed E-state index contributed by atoms with van der Waals surface area (Å²) in [6.45, 7) is 0. The van der Waals surface area contributed by atoms with E-state index in [4.69, 9.17) is 13.6 Å². The van der Waals surface area contributed by atoms with Crippen LogP contribution in [0, 0.1) is 0 Å². The molecule has 0 unspecified atom stereocenters. The van der Waals surface area contributed by atoms with Crippen LogP contribution in [0.3, 0.4) is 0 Å². The van der Waals surface area contributed by atoms with Gasteiger partial charge in [-0.25, -0.2) is 9.59 Å². The zero-order valence-corrected chi connectivity index (χ0v) is 15.7. The highest BCUT2D eigenvalue weighted by Crippen LogP contribution is 2.50. The number of isocyanates is 2. The normalized spacial score (nSPS) is 11.9. The van der Waals surface area contributed by atoms with E-state index in [0.717, 1.165) is 0 Å². The lowest BCUT2D eigenvalue weighted by atomic mass is 10.3. The second kappa shape index (κ2) is 9.31. The van der Waals surface area contributed by atoms with Crippen molar-refractivity contribution in [3.8, 4) is 17.2 Å². The zero-order valence-electron chi connectivity index (χ0n) is 14.8. The van der Waals surface area contributed by atoms with Gasteiger partial charge in [0.25, 0.3) is 0 Å². The molecule has 0 aliphatic rings. The Balaban J connectivity index is 1.87. The average Bonchev–Trinajstić information content (AvgIpc) is 2.72. The Hall–Kier alpha value is -3.95. The van der Waals surface area contributed by atoms with Crippen molar-refractivity contribution in [2.75, 3.05) is 0 Å². The number of para-hydroxylation sites is 1. The summed E-state index contributed by atoms with van der Waals surface area (Å²) >= 11 is 0. The number of phosphoric ester groups is 1. The Morgan fingerprint density at radius 2 is 0.966 bits per heavy atom. The monoisotopic (exact) mass is 408 g/mol. The molecular formula is C20H13N2O6P. The fraction of sp³-hybridized carbons (Fsp3) is 0. The first-order valence-corrected chi connectivity index (χ1v) is 9.66. The molecular weight excluding hydrogens is 395 g/mol. The van der Waals surface area contributed by atoms with Crippen LogP contribution < -0.4 is 13.6 Å². The van der Waals surface area contributed by atoms with E-state index in [1.165, 1.54) is 60.7 Å². The van der Waals surface area contributed by atoms with Crippen LogP contribution in [0.25, 0.3) is 0 Å². The second-order valence-corrected chi connectivity index (χ2v) is 6.87. The molecule has 0 aliphatic carbocycles. The topological polar surface area (TPSA) is 104 Å². The highest BCUT2D eigenvalue weighted by molar-refractivity contribution is 7.49. The van der Waals surface area contributed by atoms with Gasteiger partial charge >= 0.3 is 7.82 Å². The molecule has 3 aromatic rings. The summed E-state index contributed by atoms with van der Waals surface area (Å²) in [5, 5.41) is 0. The Morgan fingerprint density at radius 3 is 1.34 bits per heavy atom. The summed E-state index contributed by atoms with van der Waals surface area (Å²) in [7, 11) is -4.16. The number of benzene rings is 3. The first kappa shape index (κ1) is 19.8. The van der Waals surface area contributed by atoms with Gasteiger partial charge in [0, 0.05) is 0 Å². The Bertz CT molecular complexity index is 1040. The smallest absolute Gasteiger partial charge is 0.386 e. The minimum Gasteiger partial charge on any atom is -0.386 e. The van der Waals surface area contributed by atoms with E-state index in [9.17, 15) is 14.2 Å². The number of hydrogen-bond acceptors (Lipinski definition) is 8. The summed E-state index contributed by atoms with van der Waals surface area (Å²) in [5.41, 5.74) is 0.719. The fourth-order valence-electron chi connectivity index (χ4n) is 2.19. The second-order valence-electron chi connectivity index (χ2n) is 5.43. The molecule has 0 N–H and O–H groups in total. The standard InChI is InChI=1S/C20H13N2O6P/c23-14-21-16-6-10-19(11-7-16)27-29(25,26-18-4-2-1-3-5-18)28-20-12-8-17(9-13-20)22-15-24/h1-13H. The molecule has 0 aromatic heterocycles. The highest BCUT2D eigenvalue weighted by atomic mass is 31.2. The Labute approximate surface area is 165 Å². The molecule has 0 fully saturated rings. The third-order valence-electron chi connectivity index (χ3n) is 3.42. The number of nitrogens with zero attached hydrogens (tertiary/aromatic N) is 2. The van der Waals surface area contributed by atoms with Crippen LogP contribution in [-0.2, 0) is 14.2 Å². The number of hydrogen-bond donors (Lipinski definition) is 0. The maximum atomic E-state index is 13.3. The van der Waals surface area contributed by atoms with Crippen molar-refractivity contribution < 1.29 is 27.7 Å². The molecule has 0 spiro atoms. The van der Waals surface area contributed by atoms with Gasteiger partial charge in [-0.1, -0.05) is 18.2 Å². The van der Waals surface area contributed by atoms with Gasteiger partial charge in [0.2, 0.25) is 12.2 Å². The van der Waals surface area contributed by atoms with Crippen molar-refractivity contribution in [3.63, 3.8) is 0 Å². The van der Waals surface area contributed by atoms with Crippen LogP contribution in [0.15, 0.2) is 88.8 Å². The van der Waals surface area contributed by atoms with Crippen LogP contribution in [0.5, 0.6) is 17.2 Å². The van der Waals surface area contributed by atoms with E-state index < -0.39 is 7.82 Å². The molecule has 9 heteroatoms. The third-order valence-corrected chi connectivity index (χ3v) is 4.72. The molecule has 0 heterocycles. The molecule has 144 valence electrons. The van der Waals surface area contributed by atoms with Gasteiger partial charge in [-0.2, -0.15) is 14.5 Å². The van der Waals surface area contributed by atoms with E-state index in [-0.39, 0.29) is 17.2 Å². The van der Waals surface area contributed by atoms with Crippen LogP contribution in [0.1, 0.15) is 0 Å². The van der Waals surface area contributed by atoms with Crippen molar-refractivity contribution >= 4 is 31.4 Å². The lowest BCUT2D eigenvalue weighted by molar-refractivity contribution is 0.298. The molecule has 0 aliphatic heterocycles. The minimum atomic E-state index is -4.16. The molecule has 0 radical (unpaired) electrons. The largest absolute Gasteiger partial charge is 0.647 e. The molecule has 0 saturated heterocycles. The van der Waals surface area contributed by atoms with Gasteiger partial charge in [-0.05, 0) is 60.7 Å². The summed E-state index contributed by atoms with van der Waals surface area (Å²) in [6.07, 6.45) is 2.86. The Morgan fingerprint density at radius 1 is 0.586 bits per heavy atom. The highest BCUT2D eigenvalue weighted by Gasteiger charge is 2.33. The first-order valence-electron chi connectivity index (χ1n) is 8.20. The third kappa shape index (κ3) is 5.76. The van der Waals surface area contributed by atoms with E-state index in [2.05, 4.69) is 9.98 Å². The lowest BCUT2D eigenvalue weighted by Gasteiger charge is -2.19.